The third-order valence-electron chi connectivity index (χ3n) is 4.39. The molecule has 0 heterocycles. The Bertz CT molecular complexity index is 807. The fourth-order valence-corrected chi connectivity index (χ4v) is 2.66. The quantitative estimate of drug-likeness (QED) is 0.288. The van der Waals surface area contributed by atoms with Gasteiger partial charge in [0.25, 0.3) is 0 Å². The Morgan fingerprint density at radius 2 is 1.68 bits per heavy atom. The van der Waals surface area contributed by atoms with Gasteiger partial charge in [-0.3, -0.25) is 5.32 Å². The van der Waals surface area contributed by atoms with E-state index in [0.29, 0.717) is 25.4 Å². The van der Waals surface area contributed by atoms with E-state index >= 15 is 0 Å². The molecular formula is C23H32N4O4. The number of nitrogens with zero attached hydrogens (tertiary/aromatic N) is 1. The molecule has 0 aromatic heterocycles. The number of methoxy groups -OCH3 is 2. The van der Waals surface area contributed by atoms with E-state index in [9.17, 15) is 4.79 Å². The summed E-state index contributed by atoms with van der Waals surface area (Å²) in [5, 5.41) is 9.34. The maximum atomic E-state index is 11.3. The number of rotatable bonds is 11. The molecule has 0 spiro atoms. The first-order valence-corrected chi connectivity index (χ1v) is 10.3. The first-order valence-electron chi connectivity index (χ1n) is 10.3. The van der Waals surface area contributed by atoms with Crippen LogP contribution in [0, 0.1) is 0 Å². The molecule has 2 rings (SSSR count). The highest BCUT2D eigenvalue weighted by atomic mass is 16.5. The molecule has 0 aliphatic carbocycles. The number of anilines is 1. The smallest absolute Gasteiger partial charge is 0.411 e. The fourth-order valence-electron chi connectivity index (χ4n) is 2.66. The lowest BCUT2D eigenvalue weighted by Crippen LogP contribution is -2.37. The van der Waals surface area contributed by atoms with Crippen LogP contribution in [0.1, 0.15) is 24.5 Å². The van der Waals surface area contributed by atoms with E-state index in [1.54, 1.807) is 7.11 Å². The zero-order valence-electron chi connectivity index (χ0n) is 18.4. The van der Waals surface area contributed by atoms with Gasteiger partial charge in [0, 0.05) is 32.0 Å². The average Bonchev–Trinajstić information content (AvgIpc) is 2.81. The lowest BCUT2D eigenvalue weighted by molar-refractivity contribution is 0.145. The van der Waals surface area contributed by atoms with Crippen molar-refractivity contribution in [3.05, 3.63) is 59.7 Å². The van der Waals surface area contributed by atoms with Crippen molar-refractivity contribution in [2.45, 2.75) is 26.4 Å². The lowest BCUT2D eigenvalue weighted by Gasteiger charge is -2.13. The number of carbonyl (C=O) groups is 1. The molecular weight excluding hydrogens is 396 g/mol. The van der Waals surface area contributed by atoms with Crippen molar-refractivity contribution in [1.82, 2.24) is 10.6 Å². The maximum absolute atomic E-state index is 11.3. The number of amides is 1. The molecule has 2 aromatic carbocycles. The fraction of sp³-hybridized carbons (Fsp3) is 0.391. The zero-order chi connectivity index (χ0) is 22.3. The van der Waals surface area contributed by atoms with Crippen molar-refractivity contribution in [2.75, 3.05) is 39.3 Å². The van der Waals surface area contributed by atoms with Crippen LogP contribution in [0.15, 0.2) is 53.5 Å². The summed E-state index contributed by atoms with van der Waals surface area (Å²) in [5.41, 5.74) is 2.83. The molecule has 0 saturated heterocycles. The van der Waals surface area contributed by atoms with E-state index in [-0.39, 0.29) is 0 Å². The number of benzene rings is 2. The molecule has 0 saturated carbocycles. The Morgan fingerprint density at radius 3 is 2.32 bits per heavy atom. The molecule has 0 aliphatic heterocycles. The molecule has 2 aromatic rings. The summed E-state index contributed by atoms with van der Waals surface area (Å²) < 4.78 is 15.2. The van der Waals surface area contributed by atoms with Crippen molar-refractivity contribution < 1.29 is 19.0 Å². The van der Waals surface area contributed by atoms with Crippen molar-refractivity contribution in [3.8, 4) is 5.75 Å². The van der Waals surface area contributed by atoms with Crippen LogP contribution in [0.25, 0.3) is 0 Å². The van der Waals surface area contributed by atoms with Gasteiger partial charge >= 0.3 is 6.09 Å². The monoisotopic (exact) mass is 428 g/mol. The average molecular weight is 429 g/mol. The number of hydrogen-bond donors (Lipinski definition) is 3. The highest BCUT2D eigenvalue weighted by Crippen LogP contribution is 2.12. The molecule has 0 aliphatic rings. The SMILES string of the molecule is CCOCCCNC(=NCc1ccc(OC)cc1)NCc1ccc(NC(=O)OC)cc1. The Labute approximate surface area is 184 Å². The van der Waals surface area contributed by atoms with E-state index in [2.05, 4.69) is 25.7 Å². The predicted octanol–water partition coefficient (Wildman–Crippen LogP) is 3.54. The van der Waals surface area contributed by atoms with Crippen LogP contribution in [0.5, 0.6) is 5.75 Å². The second-order valence-corrected chi connectivity index (χ2v) is 6.66. The molecule has 8 heteroatoms. The highest BCUT2D eigenvalue weighted by Gasteiger charge is 2.03. The minimum Gasteiger partial charge on any atom is -0.497 e. The number of guanidine groups is 1. The van der Waals surface area contributed by atoms with Crippen molar-refractivity contribution >= 4 is 17.7 Å². The van der Waals surface area contributed by atoms with Gasteiger partial charge in [-0.25, -0.2) is 9.79 Å². The summed E-state index contributed by atoms with van der Waals surface area (Å²) in [6.07, 6.45) is 0.403. The number of ether oxygens (including phenoxy) is 3. The van der Waals surface area contributed by atoms with Gasteiger partial charge in [0.1, 0.15) is 5.75 Å². The van der Waals surface area contributed by atoms with Crippen molar-refractivity contribution in [3.63, 3.8) is 0 Å². The molecule has 1 amide bonds. The largest absolute Gasteiger partial charge is 0.497 e. The Hall–Kier alpha value is -3.26. The number of aliphatic imine (C=N–C) groups is 1. The predicted molar refractivity (Wildman–Crippen MR) is 123 cm³/mol. The van der Waals surface area contributed by atoms with Gasteiger partial charge in [-0.2, -0.15) is 0 Å². The third kappa shape index (κ3) is 9.39. The molecule has 3 N–H and O–H groups in total. The standard InChI is InChI=1S/C23H32N4O4/c1-4-31-15-5-14-24-22(26-17-19-8-12-21(29-2)13-9-19)25-16-18-6-10-20(11-7-18)27-23(28)30-3/h6-13H,4-5,14-17H2,1-3H3,(H,27,28)(H2,24,25,26). The van der Waals surface area contributed by atoms with Gasteiger partial charge in [0.2, 0.25) is 0 Å². The Morgan fingerprint density at radius 1 is 0.968 bits per heavy atom. The van der Waals surface area contributed by atoms with Crippen LogP contribution in [0.3, 0.4) is 0 Å². The Balaban J connectivity index is 1.94. The van der Waals surface area contributed by atoms with E-state index in [0.717, 1.165) is 42.4 Å². The van der Waals surface area contributed by atoms with E-state index < -0.39 is 6.09 Å². The lowest BCUT2D eigenvalue weighted by atomic mass is 10.2. The molecule has 8 nitrogen and oxygen atoms in total. The number of nitrogens with one attached hydrogen (secondary N) is 3. The summed E-state index contributed by atoms with van der Waals surface area (Å²) in [6.45, 7) is 5.33. The summed E-state index contributed by atoms with van der Waals surface area (Å²) in [4.78, 5) is 16.0. The summed E-state index contributed by atoms with van der Waals surface area (Å²) >= 11 is 0. The highest BCUT2D eigenvalue weighted by molar-refractivity contribution is 5.84. The third-order valence-corrected chi connectivity index (χ3v) is 4.39. The molecule has 0 fully saturated rings. The number of carbonyl (C=O) groups excluding carboxylic acids is 1. The minimum absolute atomic E-state index is 0.491. The molecule has 31 heavy (non-hydrogen) atoms. The Kier molecular flexibility index (Phi) is 10.7. The van der Waals surface area contributed by atoms with Crippen molar-refractivity contribution in [1.29, 1.82) is 0 Å². The van der Waals surface area contributed by atoms with Crippen LogP contribution in [-0.2, 0) is 22.6 Å². The van der Waals surface area contributed by atoms with Gasteiger partial charge in [0.05, 0.1) is 20.8 Å². The maximum Gasteiger partial charge on any atom is 0.411 e. The van der Waals surface area contributed by atoms with Crippen LogP contribution >= 0.6 is 0 Å². The molecule has 168 valence electrons. The van der Waals surface area contributed by atoms with Crippen LogP contribution < -0.4 is 20.7 Å². The summed E-state index contributed by atoms with van der Waals surface area (Å²) in [5.74, 6) is 1.55. The second-order valence-electron chi connectivity index (χ2n) is 6.66. The summed E-state index contributed by atoms with van der Waals surface area (Å²) in [6, 6.07) is 15.4. The van der Waals surface area contributed by atoms with Gasteiger partial charge < -0.3 is 24.8 Å². The first-order chi connectivity index (χ1) is 15.1. The molecule has 0 unspecified atom stereocenters. The summed E-state index contributed by atoms with van der Waals surface area (Å²) in [7, 11) is 2.99. The molecule has 0 atom stereocenters. The van der Waals surface area contributed by atoms with Crippen LogP contribution in [0.2, 0.25) is 0 Å². The minimum atomic E-state index is -0.491. The van der Waals surface area contributed by atoms with Gasteiger partial charge in [-0.1, -0.05) is 24.3 Å². The van der Waals surface area contributed by atoms with Crippen molar-refractivity contribution in [2.24, 2.45) is 4.99 Å². The second kappa shape index (κ2) is 13.9. The van der Waals surface area contributed by atoms with Gasteiger partial charge in [-0.15, -0.1) is 0 Å². The number of hydrogen-bond acceptors (Lipinski definition) is 5. The van der Waals surface area contributed by atoms with Crippen LogP contribution in [-0.4, -0.2) is 46.0 Å². The topological polar surface area (TPSA) is 93.2 Å². The molecule has 0 bridgehead atoms. The van der Waals surface area contributed by atoms with Gasteiger partial charge in [-0.05, 0) is 48.7 Å². The van der Waals surface area contributed by atoms with E-state index in [1.165, 1.54) is 7.11 Å². The van der Waals surface area contributed by atoms with E-state index in [4.69, 9.17) is 9.47 Å². The molecule has 0 radical (unpaired) electrons. The zero-order valence-corrected chi connectivity index (χ0v) is 18.4. The van der Waals surface area contributed by atoms with Gasteiger partial charge in [0.15, 0.2) is 5.96 Å². The van der Waals surface area contributed by atoms with E-state index in [1.807, 2.05) is 55.5 Å². The normalized spacial score (nSPS) is 11.0. The van der Waals surface area contributed by atoms with Crippen LogP contribution in [0.4, 0.5) is 10.5 Å². The first kappa shape index (κ1) is 24.0.